The fourth-order valence-electron chi connectivity index (χ4n) is 2.98. The predicted molar refractivity (Wildman–Crippen MR) is 97.5 cm³/mol. The molecule has 0 N–H and O–H groups in total. The molecule has 204 valence electrons. The number of unbranched alkanes of at least 4 members (excludes halogenated alkanes) is 1. The van der Waals surface area contributed by atoms with Crippen molar-refractivity contribution in [2.75, 3.05) is 6.61 Å². The molecule has 0 aromatic carbocycles. The number of esters is 2. The van der Waals surface area contributed by atoms with Crippen molar-refractivity contribution in [3.05, 3.63) is 12.4 Å². The van der Waals surface area contributed by atoms with Gasteiger partial charge in [-0.05, 0) is 38.5 Å². The number of carbonyl (C=O) groups excluding carboxylic acids is 2. The summed E-state index contributed by atoms with van der Waals surface area (Å²) in [7, 11) is -6.77. The van der Waals surface area contributed by atoms with E-state index in [2.05, 4.69) is 16.1 Å². The van der Waals surface area contributed by atoms with E-state index in [1.165, 1.54) is 0 Å². The predicted octanol–water partition coefficient (Wildman–Crippen LogP) is 4.11. The minimum absolute atomic E-state index is 0.162. The van der Waals surface area contributed by atoms with Crippen LogP contribution in [0.5, 0.6) is 0 Å². The molecule has 0 aliphatic heterocycles. The fraction of sp³-hybridized carbons (Fsp3) is 0.778. The summed E-state index contributed by atoms with van der Waals surface area (Å²) >= 11 is 0. The Kier molecular flexibility index (Phi) is 10.1. The molecular formula is C18H21F8O8S-. The zero-order valence-electron chi connectivity index (χ0n) is 17.8. The molecule has 0 aromatic rings. The third kappa shape index (κ3) is 7.49. The molecule has 0 saturated heterocycles. The Balaban J connectivity index is 3.02. The zero-order chi connectivity index (χ0) is 27.3. The van der Waals surface area contributed by atoms with E-state index >= 15 is 0 Å². The zero-order valence-corrected chi connectivity index (χ0v) is 18.7. The fourth-order valence-corrected chi connectivity index (χ4v) is 3.44. The maximum atomic E-state index is 13.8. The first kappa shape index (κ1) is 31.0. The summed E-state index contributed by atoms with van der Waals surface area (Å²) in [5.41, 5.74) is 0. The second-order valence-electron chi connectivity index (χ2n) is 7.56. The van der Waals surface area contributed by atoms with Crippen LogP contribution in [0.2, 0.25) is 0 Å². The van der Waals surface area contributed by atoms with Gasteiger partial charge in [0, 0.05) is 6.42 Å². The van der Waals surface area contributed by atoms with Crippen molar-refractivity contribution in [1.29, 1.82) is 0 Å². The lowest BCUT2D eigenvalue weighted by molar-refractivity contribution is -0.356. The molecule has 35 heavy (non-hydrogen) atoms. The van der Waals surface area contributed by atoms with E-state index in [4.69, 9.17) is 4.74 Å². The number of carbonyl (C=O) groups is 2. The van der Waals surface area contributed by atoms with Gasteiger partial charge in [0.2, 0.25) is 5.83 Å². The maximum absolute atomic E-state index is 13.8. The highest BCUT2D eigenvalue weighted by Gasteiger charge is 2.68. The standard InChI is InChI=1S/C18H22F8O8S/c1-11(19)13(27)34-16(17(22,23)24,14(28)33-12-7-3-2-4-8-12)32-10-6-5-9-15(20,21)18(25,26)35(29,30)31/h12H,1-10H2,(H,29,30,31)/p-1. The molecule has 1 unspecified atom stereocenters. The number of rotatable bonds is 12. The maximum Gasteiger partial charge on any atom is 0.468 e. The molecule has 0 heterocycles. The highest BCUT2D eigenvalue weighted by atomic mass is 32.2. The van der Waals surface area contributed by atoms with Crippen molar-refractivity contribution in [2.24, 2.45) is 0 Å². The third-order valence-electron chi connectivity index (χ3n) is 4.86. The Hall–Kier alpha value is -2.01. The Morgan fingerprint density at radius 3 is 1.97 bits per heavy atom. The molecule has 1 fully saturated rings. The molecular weight excluding hydrogens is 528 g/mol. The number of hydrogen-bond donors (Lipinski definition) is 0. The topological polar surface area (TPSA) is 119 Å². The molecule has 1 aliphatic carbocycles. The van der Waals surface area contributed by atoms with Gasteiger partial charge in [-0.1, -0.05) is 13.0 Å². The van der Waals surface area contributed by atoms with E-state index in [9.17, 15) is 57.7 Å². The summed E-state index contributed by atoms with van der Waals surface area (Å²) in [6, 6.07) is 0. The van der Waals surface area contributed by atoms with Crippen molar-refractivity contribution in [1.82, 2.24) is 0 Å². The summed E-state index contributed by atoms with van der Waals surface area (Å²) in [4.78, 5) is 23.9. The van der Waals surface area contributed by atoms with Gasteiger partial charge in [0.1, 0.15) is 6.10 Å². The van der Waals surface area contributed by atoms with Gasteiger partial charge in [0.25, 0.3) is 0 Å². The van der Waals surface area contributed by atoms with Gasteiger partial charge >= 0.3 is 35.1 Å². The molecule has 1 aliphatic rings. The van der Waals surface area contributed by atoms with Crippen LogP contribution in [0.1, 0.15) is 51.4 Å². The van der Waals surface area contributed by atoms with Crippen LogP contribution in [0.3, 0.4) is 0 Å². The van der Waals surface area contributed by atoms with Crippen LogP contribution in [0.15, 0.2) is 12.4 Å². The number of alkyl halides is 7. The average Bonchev–Trinajstić information content (AvgIpc) is 2.71. The molecule has 0 amide bonds. The molecule has 0 spiro atoms. The molecule has 17 heteroatoms. The Bertz CT molecular complexity index is 883. The highest BCUT2D eigenvalue weighted by molar-refractivity contribution is 7.86. The van der Waals surface area contributed by atoms with Gasteiger partial charge < -0.3 is 18.8 Å². The summed E-state index contributed by atoms with van der Waals surface area (Å²) in [6.45, 7) is 1.08. The summed E-state index contributed by atoms with van der Waals surface area (Å²) in [6.07, 6.45) is -8.93. The lowest BCUT2D eigenvalue weighted by atomic mass is 9.98. The van der Waals surface area contributed by atoms with Crippen LogP contribution in [-0.4, -0.2) is 60.8 Å². The smallest absolute Gasteiger partial charge is 0.468 e. The molecule has 0 bridgehead atoms. The first-order valence-corrected chi connectivity index (χ1v) is 11.4. The molecule has 1 atom stereocenters. The van der Waals surface area contributed by atoms with Crippen LogP contribution < -0.4 is 0 Å². The highest BCUT2D eigenvalue weighted by Crippen LogP contribution is 2.42. The van der Waals surface area contributed by atoms with Crippen molar-refractivity contribution in [2.45, 2.75) is 80.6 Å². The van der Waals surface area contributed by atoms with Crippen LogP contribution in [0, 0.1) is 0 Å². The van der Waals surface area contributed by atoms with Gasteiger partial charge in [0.05, 0.1) is 6.61 Å². The summed E-state index contributed by atoms with van der Waals surface area (Å²) < 4.78 is 152. The Labute approximate surface area is 194 Å². The molecule has 1 saturated carbocycles. The molecule has 0 aromatic heterocycles. The van der Waals surface area contributed by atoms with Gasteiger partial charge in [-0.2, -0.15) is 35.1 Å². The van der Waals surface area contributed by atoms with Crippen molar-refractivity contribution < 1.29 is 71.9 Å². The number of halogens is 8. The first-order valence-electron chi connectivity index (χ1n) is 9.99. The van der Waals surface area contributed by atoms with E-state index < -0.39 is 83.0 Å². The van der Waals surface area contributed by atoms with E-state index in [-0.39, 0.29) is 12.8 Å². The van der Waals surface area contributed by atoms with Gasteiger partial charge in [-0.15, -0.1) is 0 Å². The van der Waals surface area contributed by atoms with Crippen LogP contribution in [0.4, 0.5) is 35.1 Å². The SMILES string of the molecule is C=C(F)C(=O)OC(OCCCCC(F)(F)C(F)(F)S(=O)(=O)[O-])(C(=O)OC1CCCCC1)C(F)(F)F. The molecule has 0 radical (unpaired) electrons. The van der Waals surface area contributed by atoms with E-state index in [0.717, 1.165) is 0 Å². The monoisotopic (exact) mass is 549 g/mol. The quantitative estimate of drug-likeness (QED) is 0.0892. The van der Waals surface area contributed by atoms with E-state index in [1.54, 1.807) is 0 Å². The van der Waals surface area contributed by atoms with Gasteiger partial charge in [-0.25, -0.2) is 18.0 Å². The first-order chi connectivity index (χ1) is 15.8. The summed E-state index contributed by atoms with van der Waals surface area (Å²) in [5.74, 6) is -16.6. The Morgan fingerprint density at radius 2 is 1.51 bits per heavy atom. The van der Waals surface area contributed by atoms with Crippen molar-refractivity contribution in [3.63, 3.8) is 0 Å². The molecule has 1 rings (SSSR count). The normalized spacial score (nSPS) is 18.0. The lowest BCUT2D eigenvalue weighted by Gasteiger charge is -2.34. The Morgan fingerprint density at radius 1 is 0.971 bits per heavy atom. The summed E-state index contributed by atoms with van der Waals surface area (Å²) in [5, 5.41) is -6.00. The van der Waals surface area contributed by atoms with Gasteiger partial charge in [-0.3, -0.25) is 0 Å². The van der Waals surface area contributed by atoms with E-state index in [1.807, 2.05) is 0 Å². The van der Waals surface area contributed by atoms with Crippen LogP contribution in [-0.2, 0) is 33.9 Å². The van der Waals surface area contributed by atoms with E-state index in [0.29, 0.717) is 19.3 Å². The minimum Gasteiger partial charge on any atom is -0.743 e. The second-order valence-corrected chi connectivity index (χ2v) is 8.98. The second kappa shape index (κ2) is 11.4. The van der Waals surface area contributed by atoms with Gasteiger partial charge in [0.15, 0.2) is 10.1 Å². The molecule has 8 nitrogen and oxygen atoms in total. The van der Waals surface area contributed by atoms with Crippen molar-refractivity contribution >= 4 is 22.1 Å². The number of hydrogen-bond acceptors (Lipinski definition) is 8. The third-order valence-corrected chi connectivity index (χ3v) is 5.78. The minimum atomic E-state index is -6.77. The average molecular weight is 549 g/mol. The van der Waals surface area contributed by atoms with Crippen LogP contribution >= 0.6 is 0 Å². The van der Waals surface area contributed by atoms with Crippen molar-refractivity contribution in [3.8, 4) is 0 Å². The van der Waals surface area contributed by atoms with Crippen LogP contribution in [0.25, 0.3) is 0 Å². The lowest BCUT2D eigenvalue weighted by Crippen LogP contribution is -2.59. The largest absolute Gasteiger partial charge is 0.743 e. The number of ether oxygens (including phenoxy) is 3.